The van der Waals surface area contributed by atoms with E-state index in [4.69, 9.17) is 0 Å². The summed E-state index contributed by atoms with van der Waals surface area (Å²) in [4.78, 5) is 0. The van der Waals surface area contributed by atoms with Crippen LogP contribution in [0.25, 0.3) is 11.1 Å². The van der Waals surface area contributed by atoms with Gasteiger partial charge in [-0.15, -0.1) is 0 Å². The van der Waals surface area contributed by atoms with Gasteiger partial charge < -0.3 is 0 Å². The lowest BCUT2D eigenvalue weighted by Crippen LogP contribution is -2.13. The zero-order valence-corrected chi connectivity index (χ0v) is 11.0. The van der Waals surface area contributed by atoms with E-state index < -0.39 is 0 Å². The molecule has 79 valence electrons. The molecule has 1 heteroatoms. The summed E-state index contributed by atoms with van der Waals surface area (Å²) in [5.74, 6) is 0. The van der Waals surface area contributed by atoms with Crippen molar-refractivity contribution in [3.63, 3.8) is 0 Å². The van der Waals surface area contributed by atoms with Crippen molar-refractivity contribution in [2.75, 3.05) is 0 Å². The molecule has 0 unspecified atom stereocenters. The highest BCUT2D eigenvalue weighted by molar-refractivity contribution is 6.34. The molecule has 2 aromatic carbocycles. The van der Waals surface area contributed by atoms with E-state index in [1.54, 1.807) is 0 Å². The Kier molecular flexibility index (Phi) is 2.97. The van der Waals surface area contributed by atoms with E-state index in [2.05, 4.69) is 67.4 Å². The standard InChI is InChI=1S/C15H15Si/c1-10-9-14(11(2)12(3)15(10)16)13-7-5-4-6-8-13/h4-9H,1-3H3. The van der Waals surface area contributed by atoms with Gasteiger partial charge in [-0.25, -0.2) is 0 Å². The summed E-state index contributed by atoms with van der Waals surface area (Å²) in [5, 5.41) is 1.22. The maximum atomic E-state index is 3.69. The summed E-state index contributed by atoms with van der Waals surface area (Å²) < 4.78 is 0. The van der Waals surface area contributed by atoms with E-state index in [1.807, 2.05) is 0 Å². The monoisotopic (exact) mass is 223 g/mol. The molecule has 0 aliphatic rings. The predicted molar refractivity (Wildman–Crippen MR) is 71.5 cm³/mol. The fourth-order valence-electron chi connectivity index (χ4n) is 2.00. The largest absolute Gasteiger partial charge is 0.0719 e. The van der Waals surface area contributed by atoms with Gasteiger partial charge in [-0.05, 0) is 43.0 Å². The van der Waals surface area contributed by atoms with Crippen LogP contribution in [0.1, 0.15) is 16.7 Å². The molecule has 0 bridgehead atoms. The minimum absolute atomic E-state index is 1.22. The fraction of sp³-hybridized carbons (Fsp3) is 0.200. The van der Waals surface area contributed by atoms with E-state index in [0.717, 1.165) is 0 Å². The average molecular weight is 223 g/mol. The highest BCUT2D eigenvalue weighted by Gasteiger charge is 2.08. The van der Waals surface area contributed by atoms with Gasteiger partial charge in [0.05, 0.1) is 10.2 Å². The second kappa shape index (κ2) is 4.26. The molecular formula is C15H15Si. The fourth-order valence-corrected chi connectivity index (χ4v) is 2.26. The van der Waals surface area contributed by atoms with Crippen LogP contribution in [0.3, 0.4) is 0 Å². The molecule has 0 spiro atoms. The molecule has 0 aliphatic heterocycles. The second-order valence-corrected chi connectivity index (χ2v) is 4.73. The third-order valence-corrected chi connectivity index (χ3v) is 3.95. The van der Waals surface area contributed by atoms with Crippen molar-refractivity contribution in [3.8, 4) is 11.1 Å². The van der Waals surface area contributed by atoms with Crippen LogP contribution in [-0.2, 0) is 0 Å². The smallest absolute Gasteiger partial charge is 0.0622 e. The third-order valence-electron chi connectivity index (χ3n) is 3.18. The topological polar surface area (TPSA) is 0 Å². The van der Waals surface area contributed by atoms with Gasteiger partial charge in [0.25, 0.3) is 0 Å². The molecule has 0 saturated heterocycles. The van der Waals surface area contributed by atoms with Gasteiger partial charge in [0.15, 0.2) is 0 Å². The normalized spacial score (nSPS) is 10.5. The van der Waals surface area contributed by atoms with Crippen LogP contribution < -0.4 is 5.19 Å². The summed E-state index contributed by atoms with van der Waals surface area (Å²) in [7, 11) is 3.69. The maximum Gasteiger partial charge on any atom is 0.0719 e. The molecule has 0 atom stereocenters. The van der Waals surface area contributed by atoms with Crippen LogP contribution >= 0.6 is 0 Å². The van der Waals surface area contributed by atoms with Crippen LogP contribution in [0.5, 0.6) is 0 Å². The zero-order chi connectivity index (χ0) is 11.7. The lowest BCUT2D eigenvalue weighted by Gasteiger charge is -2.14. The molecule has 3 radical (unpaired) electrons. The van der Waals surface area contributed by atoms with E-state index in [-0.39, 0.29) is 0 Å². The molecule has 0 saturated carbocycles. The van der Waals surface area contributed by atoms with Gasteiger partial charge >= 0.3 is 0 Å². The van der Waals surface area contributed by atoms with Crippen LogP contribution in [0.2, 0.25) is 0 Å². The third kappa shape index (κ3) is 1.83. The summed E-state index contributed by atoms with van der Waals surface area (Å²) >= 11 is 0. The van der Waals surface area contributed by atoms with Crippen LogP contribution in [0, 0.1) is 20.8 Å². The molecule has 2 rings (SSSR count). The minimum atomic E-state index is 1.22. The molecule has 0 fully saturated rings. The van der Waals surface area contributed by atoms with Gasteiger partial charge in [0.1, 0.15) is 0 Å². The predicted octanol–water partition coefficient (Wildman–Crippen LogP) is 3.07. The van der Waals surface area contributed by atoms with Crippen LogP contribution in [-0.4, -0.2) is 10.2 Å². The number of rotatable bonds is 1. The Morgan fingerprint density at radius 2 is 1.50 bits per heavy atom. The van der Waals surface area contributed by atoms with E-state index in [1.165, 1.54) is 33.0 Å². The highest BCUT2D eigenvalue weighted by Crippen LogP contribution is 2.25. The Hall–Kier alpha value is -1.34. The first-order valence-electron chi connectivity index (χ1n) is 5.49. The molecule has 0 heterocycles. The first-order chi connectivity index (χ1) is 7.61. The molecule has 0 aromatic heterocycles. The minimum Gasteiger partial charge on any atom is -0.0622 e. The summed E-state index contributed by atoms with van der Waals surface area (Å²) in [5.41, 5.74) is 6.59. The van der Waals surface area contributed by atoms with Gasteiger partial charge in [-0.1, -0.05) is 47.1 Å². The average Bonchev–Trinajstić information content (AvgIpc) is 2.32. The number of hydrogen-bond acceptors (Lipinski definition) is 0. The molecule has 16 heavy (non-hydrogen) atoms. The van der Waals surface area contributed by atoms with Gasteiger partial charge in [-0.2, -0.15) is 0 Å². The Bertz CT molecular complexity index is 513. The van der Waals surface area contributed by atoms with Crippen molar-refractivity contribution < 1.29 is 0 Å². The van der Waals surface area contributed by atoms with Crippen molar-refractivity contribution in [2.45, 2.75) is 20.8 Å². The SMILES string of the molecule is Cc1cc(-c2ccccc2)c(C)c(C)c1[Si]. The number of benzene rings is 2. The van der Waals surface area contributed by atoms with Crippen molar-refractivity contribution in [2.24, 2.45) is 0 Å². The Balaban J connectivity index is 2.68. The summed E-state index contributed by atoms with van der Waals surface area (Å²) in [6.45, 7) is 6.49. The summed E-state index contributed by atoms with van der Waals surface area (Å²) in [6, 6.07) is 12.8. The maximum absolute atomic E-state index is 3.69. The van der Waals surface area contributed by atoms with E-state index in [9.17, 15) is 0 Å². The quantitative estimate of drug-likeness (QED) is 0.652. The Labute approximate surface area is 101 Å². The first-order valence-corrected chi connectivity index (χ1v) is 5.99. The van der Waals surface area contributed by atoms with E-state index >= 15 is 0 Å². The van der Waals surface area contributed by atoms with Crippen LogP contribution in [0.15, 0.2) is 36.4 Å². The molecule has 0 nitrogen and oxygen atoms in total. The molecular weight excluding hydrogens is 208 g/mol. The molecule has 0 aliphatic carbocycles. The Morgan fingerprint density at radius 3 is 2.12 bits per heavy atom. The summed E-state index contributed by atoms with van der Waals surface area (Å²) in [6.07, 6.45) is 0. The van der Waals surface area contributed by atoms with Crippen molar-refractivity contribution in [1.82, 2.24) is 0 Å². The number of hydrogen-bond donors (Lipinski definition) is 0. The van der Waals surface area contributed by atoms with Crippen molar-refractivity contribution in [1.29, 1.82) is 0 Å². The van der Waals surface area contributed by atoms with Crippen molar-refractivity contribution in [3.05, 3.63) is 53.1 Å². The molecule has 2 aromatic rings. The lowest BCUT2D eigenvalue weighted by atomic mass is 9.94. The second-order valence-electron chi connectivity index (χ2n) is 4.23. The molecule has 0 amide bonds. The highest BCUT2D eigenvalue weighted by atomic mass is 28.1. The van der Waals surface area contributed by atoms with E-state index in [0.29, 0.717) is 0 Å². The Morgan fingerprint density at radius 1 is 0.875 bits per heavy atom. The van der Waals surface area contributed by atoms with Crippen molar-refractivity contribution >= 4 is 15.4 Å². The molecule has 0 N–H and O–H groups in total. The van der Waals surface area contributed by atoms with Gasteiger partial charge in [0, 0.05) is 0 Å². The lowest BCUT2D eigenvalue weighted by molar-refractivity contribution is 1.33. The zero-order valence-electron chi connectivity index (χ0n) is 9.96. The van der Waals surface area contributed by atoms with Gasteiger partial charge in [0.2, 0.25) is 0 Å². The van der Waals surface area contributed by atoms with Gasteiger partial charge in [-0.3, -0.25) is 0 Å². The first kappa shape index (κ1) is 11.2. The number of aryl methyl sites for hydroxylation is 1. The van der Waals surface area contributed by atoms with Crippen LogP contribution in [0.4, 0.5) is 0 Å².